The Labute approximate surface area is 141 Å². The highest BCUT2D eigenvalue weighted by Gasteiger charge is 2.20. The second-order valence-electron chi connectivity index (χ2n) is 6.01. The third-order valence-corrected chi connectivity index (χ3v) is 4.70. The molecule has 4 heteroatoms. The molecule has 0 aliphatic rings. The minimum absolute atomic E-state index is 0.314. The summed E-state index contributed by atoms with van der Waals surface area (Å²) in [7, 11) is 0. The van der Waals surface area contributed by atoms with Crippen LogP contribution in [-0.4, -0.2) is 18.4 Å². The fourth-order valence-corrected chi connectivity index (χ4v) is 2.73. The van der Waals surface area contributed by atoms with Gasteiger partial charge in [-0.15, -0.1) is 0 Å². The molecule has 0 saturated carbocycles. The molecule has 0 heterocycles. The Morgan fingerprint density at radius 2 is 1.29 bits per heavy atom. The smallest absolute Gasteiger partial charge is 0.339 e. The molecule has 2 aromatic carbocycles. The Morgan fingerprint density at radius 3 is 1.79 bits per heavy atom. The monoisotopic (exact) mass is 328 g/mol. The predicted molar refractivity (Wildman–Crippen MR) is 91.1 cm³/mol. The second kappa shape index (κ2) is 6.95. The van der Waals surface area contributed by atoms with Crippen molar-refractivity contribution in [3.8, 4) is 0 Å². The number of rotatable bonds is 4. The topological polar surface area (TPSA) is 43.4 Å². The quantitative estimate of drug-likeness (QED) is 0.617. The fourth-order valence-electron chi connectivity index (χ4n) is 2.73. The summed E-state index contributed by atoms with van der Waals surface area (Å²) in [6.07, 6.45) is 0. The summed E-state index contributed by atoms with van der Waals surface area (Å²) in [6.45, 7) is 9.36. The van der Waals surface area contributed by atoms with Gasteiger partial charge in [0.15, 0.2) is 12.4 Å². The molecule has 0 N–H and O–H groups in total. The van der Waals surface area contributed by atoms with Crippen LogP contribution < -0.4 is 0 Å². The zero-order chi connectivity index (χ0) is 18.0. The maximum Gasteiger partial charge on any atom is 0.339 e. The summed E-state index contributed by atoms with van der Waals surface area (Å²) in [4.78, 5) is 24.5. The van der Waals surface area contributed by atoms with Crippen molar-refractivity contribution in [2.75, 3.05) is 6.61 Å². The van der Waals surface area contributed by atoms with Gasteiger partial charge in [0.05, 0.1) is 5.56 Å². The van der Waals surface area contributed by atoms with E-state index in [4.69, 9.17) is 4.74 Å². The summed E-state index contributed by atoms with van der Waals surface area (Å²) >= 11 is 0. The van der Waals surface area contributed by atoms with E-state index in [2.05, 4.69) is 0 Å². The summed E-state index contributed by atoms with van der Waals surface area (Å²) in [5, 5.41) is 0. The van der Waals surface area contributed by atoms with Gasteiger partial charge in [-0.3, -0.25) is 4.79 Å². The van der Waals surface area contributed by atoms with Crippen LogP contribution in [-0.2, 0) is 4.74 Å². The largest absolute Gasteiger partial charge is 0.454 e. The van der Waals surface area contributed by atoms with Gasteiger partial charge in [-0.25, -0.2) is 9.18 Å². The molecular formula is C20H21FO3. The third kappa shape index (κ3) is 3.37. The van der Waals surface area contributed by atoms with Crippen LogP contribution in [0.25, 0.3) is 0 Å². The molecule has 0 aromatic heterocycles. The zero-order valence-electron chi connectivity index (χ0n) is 14.6. The van der Waals surface area contributed by atoms with Gasteiger partial charge in [-0.1, -0.05) is 0 Å². The maximum absolute atomic E-state index is 12.9. The average Bonchev–Trinajstić information content (AvgIpc) is 2.57. The SMILES string of the molecule is Cc1c(C)c(C)c(C(=O)OCC(=O)c2ccc(F)cc2)c(C)c1C. The molecule has 0 aliphatic heterocycles. The first-order chi connectivity index (χ1) is 11.2. The summed E-state index contributed by atoms with van der Waals surface area (Å²) in [5.74, 6) is -1.29. The van der Waals surface area contributed by atoms with Gasteiger partial charge >= 0.3 is 5.97 Å². The van der Waals surface area contributed by atoms with Crippen LogP contribution in [0.1, 0.15) is 48.5 Å². The van der Waals surface area contributed by atoms with E-state index in [0.29, 0.717) is 11.1 Å². The number of benzene rings is 2. The van der Waals surface area contributed by atoms with Crippen LogP contribution in [0.2, 0.25) is 0 Å². The molecule has 0 saturated heterocycles. The Balaban J connectivity index is 2.19. The van der Waals surface area contributed by atoms with E-state index in [-0.39, 0.29) is 12.4 Å². The van der Waals surface area contributed by atoms with Crippen LogP contribution in [0.3, 0.4) is 0 Å². The van der Waals surface area contributed by atoms with E-state index in [9.17, 15) is 14.0 Å². The molecule has 0 aliphatic carbocycles. The lowest BCUT2D eigenvalue weighted by Gasteiger charge is -2.17. The van der Waals surface area contributed by atoms with Crippen LogP contribution in [0, 0.1) is 40.4 Å². The van der Waals surface area contributed by atoms with Crippen LogP contribution in [0.15, 0.2) is 24.3 Å². The van der Waals surface area contributed by atoms with Crippen LogP contribution in [0.4, 0.5) is 4.39 Å². The first-order valence-electron chi connectivity index (χ1n) is 7.76. The fraction of sp³-hybridized carbons (Fsp3) is 0.300. The lowest BCUT2D eigenvalue weighted by atomic mass is 9.90. The number of Topliss-reactive ketones (excluding diaryl/α,β-unsaturated/α-hetero) is 1. The molecular weight excluding hydrogens is 307 g/mol. The van der Waals surface area contributed by atoms with Gasteiger partial charge in [0.2, 0.25) is 0 Å². The number of hydrogen-bond donors (Lipinski definition) is 0. The Hall–Kier alpha value is -2.49. The normalized spacial score (nSPS) is 10.6. The number of carbonyl (C=O) groups is 2. The minimum atomic E-state index is -0.508. The summed E-state index contributed by atoms with van der Waals surface area (Å²) in [6, 6.07) is 5.16. The molecule has 0 unspecified atom stereocenters. The van der Waals surface area contributed by atoms with Crippen molar-refractivity contribution in [1.82, 2.24) is 0 Å². The van der Waals surface area contributed by atoms with Gasteiger partial charge < -0.3 is 4.74 Å². The van der Waals surface area contributed by atoms with E-state index in [1.807, 2.05) is 34.6 Å². The van der Waals surface area contributed by atoms with Gasteiger partial charge in [-0.2, -0.15) is 0 Å². The molecule has 0 atom stereocenters. The average molecular weight is 328 g/mol. The first-order valence-corrected chi connectivity index (χ1v) is 7.76. The van der Waals surface area contributed by atoms with Crippen LogP contribution >= 0.6 is 0 Å². The molecule has 2 rings (SSSR count). The third-order valence-electron chi connectivity index (χ3n) is 4.70. The highest BCUT2D eigenvalue weighted by Crippen LogP contribution is 2.26. The van der Waals surface area contributed by atoms with Gasteiger partial charge in [-0.05, 0) is 86.7 Å². The lowest BCUT2D eigenvalue weighted by molar-refractivity contribution is 0.0473. The van der Waals surface area contributed by atoms with Crippen molar-refractivity contribution < 1.29 is 18.7 Å². The summed E-state index contributed by atoms with van der Waals surface area (Å²) < 4.78 is 18.1. The van der Waals surface area contributed by atoms with E-state index >= 15 is 0 Å². The Kier molecular flexibility index (Phi) is 5.17. The number of hydrogen-bond acceptors (Lipinski definition) is 3. The molecule has 3 nitrogen and oxygen atoms in total. The van der Waals surface area contributed by atoms with Crippen molar-refractivity contribution >= 4 is 11.8 Å². The van der Waals surface area contributed by atoms with E-state index in [1.54, 1.807) is 0 Å². The van der Waals surface area contributed by atoms with E-state index in [0.717, 1.165) is 27.8 Å². The van der Waals surface area contributed by atoms with Gasteiger partial charge in [0.25, 0.3) is 0 Å². The molecule has 0 spiro atoms. The van der Waals surface area contributed by atoms with Crippen molar-refractivity contribution in [2.45, 2.75) is 34.6 Å². The number of esters is 1. The van der Waals surface area contributed by atoms with Crippen molar-refractivity contribution in [2.24, 2.45) is 0 Å². The molecule has 2 aromatic rings. The minimum Gasteiger partial charge on any atom is -0.454 e. The molecule has 0 radical (unpaired) electrons. The lowest BCUT2D eigenvalue weighted by Crippen LogP contribution is -2.17. The van der Waals surface area contributed by atoms with Gasteiger partial charge in [0.1, 0.15) is 5.82 Å². The number of carbonyl (C=O) groups excluding carboxylic acids is 2. The predicted octanol–water partition coefficient (Wildman–Crippen LogP) is 4.41. The van der Waals surface area contributed by atoms with Crippen LogP contribution in [0.5, 0.6) is 0 Å². The molecule has 0 fully saturated rings. The molecule has 0 bridgehead atoms. The zero-order valence-corrected chi connectivity index (χ0v) is 14.6. The van der Waals surface area contributed by atoms with E-state index < -0.39 is 11.8 Å². The Bertz CT molecular complexity index is 776. The molecule has 126 valence electrons. The highest BCUT2D eigenvalue weighted by molar-refractivity contribution is 6.00. The Morgan fingerprint density at radius 1 is 0.833 bits per heavy atom. The highest BCUT2D eigenvalue weighted by atomic mass is 19.1. The number of ether oxygens (including phenoxy) is 1. The first kappa shape index (κ1) is 17.9. The summed E-state index contributed by atoms with van der Waals surface area (Å²) in [5.41, 5.74) is 5.83. The van der Waals surface area contributed by atoms with Crippen molar-refractivity contribution in [3.63, 3.8) is 0 Å². The second-order valence-corrected chi connectivity index (χ2v) is 6.01. The maximum atomic E-state index is 12.9. The molecule has 0 amide bonds. The van der Waals surface area contributed by atoms with Gasteiger partial charge in [0, 0.05) is 5.56 Å². The van der Waals surface area contributed by atoms with Crippen molar-refractivity contribution in [1.29, 1.82) is 0 Å². The van der Waals surface area contributed by atoms with E-state index in [1.165, 1.54) is 24.3 Å². The number of halogens is 1. The standard InChI is InChI=1S/C20H21FO3/c1-11-12(2)14(4)19(15(5)13(11)3)20(23)24-10-18(22)16-6-8-17(21)9-7-16/h6-9H,10H2,1-5H3. The molecule has 24 heavy (non-hydrogen) atoms. The van der Waals surface area contributed by atoms with Crippen molar-refractivity contribution in [3.05, 3.63) is 69.0 Å². The number of ketones is 1.